The van der Waals surface area contributed by atoms with Gasteiger partial charge in [0, 0.05) is 0 Å². The number of hydrogen-bond acceptors (Lipinski definition) is 3. The number of halogens is 2. The fourth-order valence-corrected chi connectivity index (χ4v) is 3.76. The van der Waals surface area contributed by atoms with E-state index in [0.29, 0.717) is 6.42 Å². The van der Waals surface area contributed by atoms with Crippen molar-refractivity contribution in [1.29, 1.82) is 0 Å². The van der Waals surface area contributed by atoms with Gasteiger partial charge in [0.05, 0.1) is 6.04 Å². The van der Waals surface area contributed by atoms with E-state index in [1.165, 1.54) is 12.1 Å². The van der Waals surface area contributed by atoms with Gasteiger partial charge >= 0.3 is 12.4 Å². The number of alkyl halides is 2. The third kappa shape index (κ3) is 2.73. The maximum absolute atomic E-state index is 13.2. The first-order chi connectivity index (χ1) is 12.1. The highest BCUT2D eigenvalue weighted by atomic mass is 19.3. The third-order valence-corrected chi connectivity index (χ3v) is 4.88. The van der Waals surface area contributed by atoms with E-state index in [-0.39, 0.29) is 23.0 Å². The first-order valence-electron chi connectivity index (χ1n) is 8.17. The lowest BCUT2D eigenvalue weighted by Crippen LogP contribution is -2.34. The monoisotopic (exact) mass is 361 g/mol. The second-order valence-electron chi connectivity index (χ2n) is 7.29. The van der Waals surface area contributed by atoms with Crippen molar-refractivity contribution in [2.45, 2.75) is 32.6 Å². The average Bonchev–Trinajstić information content (AvgIpc) is 2.97. The van der Waals surface area contributed by atoms with Crippen LogP contribution in [0.5, 0.6) is 11.5 Å². The maximum Gasteiger partial charge on any atom is 0.586 e. The molecule has 1 amide bonds. The van der Waals surface area contributed by atoms with Crippen molar-refractivity contribution < 1.29 is 28.2 Å². The lowest BCUT2D eigenvalue weighted by Gasteiger charge is -2.27. The van der Waals surface area contributed by atoms with Crippen LogP contribution in [0.2, 0.25) is 0 Å². The van der Waals surface area contributed by atoms with Gasteiger partial charge in [-0.1, -0.05) is 38.1 Å². The predicted molar refractivity (Wildman–Crippen MR) is 89.5 cm³/mol. The van der Waals surface area contributed by atoms with E-state index in [1.807, 2.05) is 32.0 Å². The van der Waals surface area contributed by atoms with Crippen LogP contribution in [0.1, 0.15) is 31.0 Å². The van der Waals surface area contributed by atoms with Crippen molar-refractivity contribution in [3.8, 4) is 22.6 Å². The van der Waals surface area contributed by atoms with Crippen molar-refractivity contribution in [3.63, 3.8) is 0 Å². The van der Waals surface area contributed by atoms with Gasteiger partial charge in [-0.3, -0.25) is 0 Å². The van der Waals surface area contributed by atoms with Gasteiger partial charge in [0.15, 0.2) is 11.5 Å². The Morgan fingerprint density at radius 3 is 2.50 bits per heavy atom. The molecule has 1 atom stereocenters. The van der Waals surface area contributed by atoms with E-state index < -0.39 is 12.4 Å². The van der Waals surface area contributed by atoms with E-state index in [9.17, 15) is 13.6 Å². The van der Waals surface area contributed by atoms with Gasteiger partial charge in [-0.25, -0.2) is 4.79 Å². The molecule has 2 aliphatic rings. The van der Waals surface area contributed by atoms with E-state index in [1.54, 1.807) is 6.07 Å². The van der Waals surface area contributed by atoms with Crippen LogP contribution in [0.25, 0.3) is 11.1 Å². The summed E-state index contributed by atoms with van der Waals surface area (Å²) in [5, 5.41) is 11.7. The van der Waals surface area contributed by atoms with Crippen molar-refractivity contribution in [3.05, 3.63) is 47.5 Å². The first kappa shape index (κ1) is 16.6. The highest BCUT2D eigenvalue weighted by molar-refractivity contribution is 5.70. The molecule has 0 spiro atoms. The minimum atomic E-state index is -3.64. The topological polar surface area (TPSA) is 67.8 Å². The fraction of sp³-hybridized carbons (Fsp3) is 0.316. The molecule has 1 unspecified atom stereocenters. The molecule has 7 heteroatoms. The molecule has 2 N–H and O–H groups in total. The van der Waals surface area contributed by atoms with Crippen LogP contribution in [0.3, 0.4) is 0 Å². The van der Waals surface area contributed by atoms with E-state index >= 15 is 0 Å². The van der Waals surface area contributed by atoms with Gasteiger partial charge in [-0.2, -0.15) is 0 Å². The highest BCUT2D eigenvalue weighted by Gasteiger charge is 2.43. The Morgan fingerprint density at radius 1 is 1.12 bits per heavy atom. The average molecular weight is 361 g/mol. The Kier molecular flexibility index (Phi) is 3.41. The molecule has 1 aliphatic carbocycles. The molecule has 4 rings (SSSR count). The summed E-state index contributed by atoms with van der Waals surface area (Å²) in [6.07, 6.45) is -3.99. The molecule has 2 aromatic rings. The summed E-state index contributed by atoms with van der Waals surface area (Å²) in [4.78, 5) is 11.1. The minimum Gasteiger partial charge on any atom is -0.465 e. The molecule has 0 saturated carbocycles. The SMILES string of the molecule is CC1(C)Cc2cc(-c3ccc4c(c3)OC(F)(F)O4)ccc2C1NC(=O)O. The van der Waals surface area contributed by atoms with Gasteiger partial charge in [0.25, 0.3) is 0 Å². The Balaban J connectivity index is 1.69. The van der Waals surface area contributed by atoms with E-state index in [4.69, 9.17) is 5.11 Å². The highest BCUT2D eigenvalue weighted by Crippen LogP contribution is 2.47. The van der Waals surface area contributed by atoms with Crippen LogP contribution in [0.15, 0.2) is 36.4 Å². The lowest BCUT2D eigenvalue weighted by atomic mass is 9.85. The summed E-state index contributed by atoms with van der Waals surface area (Å²) in [6, 6.07) is 10.1. The number of rotatable bonds is 2. The second-order valence-corrected chi connectivity index (χ2v) is 7.29. The van der Waals surface area contributed by atoms with Crippen LogP contribution < -0.4 is 14.8 Å². The van der Waals surface area contributed by atoms with Gasteiger partial charge in [-0.05, 0) is 46.2 Å². The minimum absolute atomic E-state index is 0.00116. The van der Waals surface area contributed by atoms with Crippen LogP contribution in [-0.4, -0.2) is 17.5 Å². The van der Waals surface area contributed by atoms with Gasteiger partial charge in [-0.15, -0.1) is 8.78 Å². The Bertz CT molecular complexity index is 910. The van der Waals surface area contributed by atoms with Crippen LogP contribution >= 0.6 is 0 Å². The van der Waals surface area contributed by atoms with E-state index in [0.717, 1.165) is 22.3 Å². The van der Waals surface area contributed by atoms with Crippen LogP contribution in [0, 0.1) is 5.41 Å². The molecule has 0 saturated heterocycles. The zero-order chi connectivity index (χ0) is 18.7. The molecule has 5 nitrogen and oxygen atoms in total. The number of carboxylic acid groups (broad SMARTS) is 1. The smallest absolute Gasteiger partial charge is 0.465 e. The number of nitrogens with one attached hydrogen (secondary N) is 1. The van der Waals surface area contributed by atoms with Gasteiger partial charge < -0.3 is 19.9 Å². The Labute approximate surface area is 148 Å². The number of carbonyl (C=O) groups is 1. The molecular formula is C19H17F2NO4. The van der Waals surface area contributed by atoms with Crippen molar-refractivity contribution >= 4 is 6.09 Å². The van der Waals surface area contributed by atoms with Crippen molar-refractivity contribution in [2.75, 3.05) is 0 Å². The number of amides is 1. The lowest BCUT2D eigenvalue weighted by molar-refractivity contribution is -0.286. The second kappa shape index (κ2) is 5.33. The zero-order valence-electron chi connectivity index (χ0n) is 14.2. The van der Waals surface area contributed by atoms with Crippen LogP contribution in [0.4, 0.5) is 13.6 Å². The first-order valence-corrected chi connectivity index (χ1v) is 8.17. The molecule has 1 aliphatic heterocycles. The third-order valence-electron chi connectivity index (χ3n) is 4.88. The van der Waals surface area contributed by atoms with Gasteiger partial charge in [0.1, 0.15) is 0 Å². The number of ether oxygens (including phenoxy) is 2. The fourth-order valence-electron chi connectivity index (χ4n) is 3.76. The molecule has 2 aromatic carbocycles. The number of fused-ring (bicyclic) bond motifs is 2. The molecule has 26 heavy (non-hydrogen) atoms. The normalized spacial score (nSPS) is 21.3. The van der Waals surface area contributed by atoms with Crippen LogP contribution in [-0.2, 0) is 6.42 Å². The standard InChI is InChI=1S/C19H17F2NO4/c1-18(2)9-12-7-10(3-5-13(12)16(18)22-17(23)24)11-4-6-14-15(8-11)26-19(20,21)25-14/h3-8,16,22H,9H2,1-2H3,(H,23,24). The number of hydrogen-bond donors (Lipinski definition) is 2. The zero-order valence-corrected chi connectivity index (χ0v) is 14.2. The Hall–Kier alpha value is -2.83. The van der Waals surface area contributed by atoms with E-state index in [2.05, 4.69) is 14.8 Å². The molecule has 136 valence electrons. The summed E-state index contributed by atoms with van der Waals surface area (Å²) in [5.74, 6) is 0.00511. The largest absolute Gasteiger partial charge is 0.586 e. The molecule has 0 fully saturated rings. The summed E-state index contributed by atoms with van der Waals surface area (Å²) in [6.45, 7) is 4.02. The maximum atomic E-state index is 13.2. The molecule has 1 heterocycles. The summed E-state index contributed by atoms with van der Waals surface area (Å²) < 4.78 is 35.3. The van der Waals surface area contributed by atoms with Crippen molar-refractivity contribution in [1.82, 2.24) is 5.32 Å². The van der Waals surface area contributed by atoms with Crippen molar-refractivity contribution in [2.24, 2.45) is 5.41 Å². The number of benzene rings is 2. The summed E-state index contributed by atoms with van der Waals surface area (Å²) in [7, 11) is 0. The summed E-state index contributed by atoms with van der Waals surface area (Å²) in [5.41, 5.74) is 3.29. The Morgan fingerprint density at radius 2 is 1.77 bits per heavy atom. The molecule has 0 radical (unpaired) electrons. The molecule has 0 aromatic heterocycles. The molecular weight excluding hydrogens is 344 g/mol. The summed E-state index contributed by atoms with van der Waals surface area (Å²) >= 11 is 0. The quantitative estimate of drug-likeness (QED) is 0.822. The molecule has 0 bridgehead atoms. The predicted octanol–water partition coefficient (Wildman–Crippen LogP) is 4.57. The van der Waals surface area contributed by atoms with Gasteiger partial charge in [0.2, 0.25) is 0 Å².